The Morgan fingerprint density at radius 1 is 1.33 bits per heavy atom. The quantitative estimate of drug-likeness (QED) is 0.821. The topological polar surface area (TPSA) is 64.7 Å². The molecule has 15 heavy (non-hydrogen) atoms. The zero-order valence-corrected chi connectivity index (χ0v) is 9.00. The van der Waals surface area contributed by atoms with Crippen LogP contribution in [0.3, 0.4) is 0 Å². The van der Waals surface area contributed by atoms with E-state index >= 15 is 0 Å². The minimum absolute atomic E-state index is 0. The minimum atomic E-state index is -0.144. The molecule has 1 aliphatic heterocycles. The Balaban J connectivity index is 0.00000112. The average molecular weight is 232 g/mol. The third kappa shape index (κ3) is 2.53. The van der Waals surface area contributed by atoms with Gasteiger partial charge in [0, 0.05) is 12.6 Å². The van der Waals surface area contributed by atoms with Crippen LogP contribution in [0.5, 0.6) is 11.5 Å². The zero-order valence-electron chi connectivity index (χ0n) is 8.18. The number of halogens is 1. The summed E-state index contributed by atoms with van der Waals surface area (Å²) in [6.07, 6.45) is 0.555. The second-order valence-electron chi connectivity index (χ2n) is 3.23. The van der Waals surface area contributed by atoms with Crippen molar-refractivity contribution >= 4 is 12.4 Å². The van der Waals surface area contributed by atoms with Crippen molar-refractivity contribution < 1.29 is 14.6 Å². The highest BCUT2D eigenvalue weighted by molar-refractivity contribution is 5.85. The molecule has 84 valence electrons. The Morgan fingerprint density at radius 3 is 2.80 bits per heavy atom. The summed E-state index contributed by atoms with van der Waals surface area (Å²) in [5, 5.41) is 8.76. The van der Waals surface area contributed by atoms with Crippen molar-refractivity contribution in [2.75, 3.05) is 13.4 Å². The third-order valence-corrected chi connectivity index (χ3v) is 2.26. The molecule has 0 saturated heterocycles. The van der Waals surface area contributed by atoms with E-state index < -0.39 is 0 Å². The van der Waals surface area contributed by atoms with Gasteiger partial charge in [-0.25, -0.2) is 0 Å². The van der Waals surface area contributed by atoms with Crippen LogP contribution in [-0.4, -0.2) is 18.5 Å². The van der Waals surface area contributed by atoms with E-state index in [1.165, 1.54) is 0 Å². The number of aliphatic hydroxyl groups is 1. The van der Waals surface area contributed by atoms with Crippen molar-refractivity contribution in [3.8, 4) is 11.5 Å². The van der Waals surface area contributed by atoms with Crippen LogP contribution >= 0.6 is 12.4 Å². The smallest absolute Gasteiger partial charge is 0.231 e. The first-order chi connectivity index (χ1) is 6.81. The fraction of sp³-hybridized carbons (Fsp3) is 0.400. The molecule has 4 nitrogen and oxygen atoms in total. The first kappa shape index (κ1) is 12.1. The molecule has 1 heterocycles. The van der Waals surface area contributed by atoms with Crippen LogP contribution in [-0.2, 0) is 0 Å². The fourth-order valence-corrected chi connectivity index (χ4v) is 1.45. The molecule has 1 aliphatic rings. The molecule has 0 aliphatic carbocycles. The molecule has 5 heteroatoms. The van der Waals surface area contributed by atoms with E-state index in [9.17, 15) is 0 Å². The summed E-state index contributed by atoms with van der Waals surface area (Å²) < 4.78 is 10.4. The number of ether oxygens (including phenoxy) is 2. The molecule has 0 fully saturated rings. The van der Waals surface area contributed by atoms with Gasteiger partial charge < -0.3 is 20.3 Å². The summed E-state index contributed by atoms with van der Waals surface area (Å²) in [6, 6.07) is 5.46. The Morgan fingerprint density at radius 2 is 2.07 bits per heavy atom. The SMILES string of the molecule is Cl.N[C@@H](CCO)c1ccc2c(c1)OCO2. The maximum Gasteiger partial charge on any atom is 0.231 e. The van der Waals surface area contributed by atoms with Crippen LogP contribution in [0.4, 0.5) is 0 Å². The number of hydrogen-bond donors (Lipinski definition) is 2. The lowest BCUT2D eigenvalue weighted by atomic mass is 10.0. The molecule has 0 unspecified atom stereocenters. The second kappa shape index (κ2) is 5.21. The van der Waals surface area contributed by atoms with Gasteiger partial charge in [-0.1, -0.05) is 6.07 Å². The second-order valence-corrected chi connectivity index (χ2v) is 3.23. The Bertz CT molecular complexity index is 332. The minimum Gasteiger partial charge on any atom is -0.454 e. The molecule has 0 spiro atoms. The molecule has 1 aromatic rings. The zero-order chi connectivity index (χ0) is 9.97. The Hall–Kier alpha value is -0.970. The fourth-order valence-electron chi connectivity index (χ4n) is 1.45. The van der Waals surface area contributed by atoms with Crippen LogP contribution in [0.1, 0.15) is 18.0 Å². The molecule has 0 saturated carbocycles. The molecule has 0 bridgehead atoms. The first-order valence-electron chi connectivity index (χ1n) is 4.57. The van der Waals surface area contributed by atoms with Gasteiger partial charge in [0.05, 0.1) is 0 Å². The van der Waals surface area contributed by atoms with E-state index in [1.54, 1.807) is 0 Å². The average Bonchev–Trinajstić information content (AvgIpc) is 2.64. The number of nitrogens with two attached hydrogens (primary N) is 1. The summed E-state index contributed by atoms with van der Waals surface area (Å²) in [4.78, 5) is 0. The van der Waals surface area contributed by atoms with Crippen molar-refractivity contribution in [1.29, 1.82) is 0 Å². The maximum atomic E-state index is 8.76. The molecule has 1 atom stereocenters. The standard InChI is InChI=1S/C10H13NO3.ClH/c11-8(3-4-12)7-1-2-9-10(5-7)14-6-13-9;/h1-2,5,8,12H,3-4,6,11H2;1H/t8-;/m0./s1. The normalized spacial score (nSPS) is 14.5. The number of aliphatic hydroxyl groups excluding tert-OH is 1. The van der Waals surface area contributed by atoms with Gasteiger partial charge in [0.25, 0.3) is 0 Å². The summed E-state index contributed by atoms with van der Waals surface area (Å²) >= 11 is 0. The van der Waals surface area contributed by atoms with Gasteiger partial charge in [-0.2, -0.15) is 0 Å². The van der Waals surface area contributed by atoms with E-state index in [2.05, 4.69) is 0 Å². The lowest BCUT2D eigenvalue weighted by molar-refractivity contribution is 0.174. The predicted molar refractivity (Wildman–Crippen MR) is 58.4 cm³/mol. The van der Waals surface area contributed by atoms with Gasteiger partial charge in [0.15, 0.2) is 11.5 Å². The summed E-state index contributed by atoms with van der Waals surface area (Å²) in [6.45, 7) is 0.365. The highest BCUT2D eigenvalue weighted by atomic mass is 35.5. The van der Waals surface area contributed by atoms with Gasteiger partial charge >= 0.3 is 0 Å². The van der Waals surface area contributed by atoms with Crippen LogP contribution in [0.15, 0.2) is 18.2 Å². The maximum absolute atomic E-state index is 8.76. The summed E-state index contributed by atoms with van der Waals surface area (Å²) in [7, 11) is 0. The first-order valence-corrected chi connectivity index (χ1v) is 4.57. The van der Waals surface area contributed by atoms with Gasteiger partial charge in [-0.15, -0.1) is 12.4 Å². The van der Waals surface area contributed by atoms with Crippen molar-refractivity contribution in [2.45, 2.75) is 12.5 Å². The van der Waals surface area contributed by atoms with E-state index in [-0.39, 0.29) is 31.8 Å². The Kier molecular flexibility index (Phi) is 4.20. The predicted octanol–water partition coefficient (Wildman–Crippen LogP) is 1.22. The lowest BCUT2D eigenvalue weighted by Gasteiger charge is -2.10. The van der Waals surface area contributed by atoms with Crippen molar-refractivity contribution in [3.63, 3.8) is 0 Å². The molecule has 2 rings (SSSR count). The highest BCUT2D eigenvalue weighted by Gasteiger charge is 2.15. The Labute approximate surface area is 94.4 Å². The largest absolute Gasteiger partial charge is 0.454 e. The number of rotatable bonds is 3. The van der Waals surface area contributed by atoms with Crippen LogP contribution in [0.2, 0.25) is 0 Å². The molecule has 0 amide bonds. The van der Waals surface area contributed by atoms with Crippen LogP contribution < -0.4 is 15.2 Å². The monoisotopic (exact) mass is 231 g/mol. The van der Waals surface area contributed by atoms with E-state index in [4.69, 9.17) is 20.3 Å². The number of benzene rings is 1. The van der Waals surface area contributed by atoms with E-state index in [0.717, 1.165) is 17.1 Å². The molecule has 0 radical (unpaired) electrons. The highest BCUT2D eigenvalue weighted by Crippen LogP contribution is 2.34. The van der Waals surface area contributed by atoms with E-state index in [0.29, 0.717) is 6.42 Å². The van der Waals surface area contributed by atoms with Gasteiger partial charge in [0.2, 0.25) is 6.79 Å². The van der Waals surface area contributed by atoms with Gasteiger partial charge in [-0.3, -0.25) is 0 Å². The number of hydrogen-bond acceptors (Lipinski definition) is 4. The molecule has 0 aromatic heterocycles. The van der Waals surface area contributed by atoms with Crippen LogP contribution in [0, 0.1) is 0 Å². The van der Waals surface area contributed by atoms with Crippen molar-refractivity contribution in [2.24, 2.45) is 5.73 Å². The van der Waals surface area contributed by atoms with E-state index in [1.807, 2.05) is 18.2 Å². The van der Waals surface area contributed by atoms with Crippen molar-refractivity contribution in [1.82, 2.24) is 0 Å². The summed E-state index contributed by atoms with van der Waals surface area (Å²) in [5.74, 6) is 1.49. The van der Waals surface area contributed by atoms with Crippen LogP contribution in [0.25, 0.3) is 0 Å². The third-order valence-electron chi connectivity index (χ3n) is 2.26. The molecular formula is C10H14ClNO3. The lowest BCUT2D eigenvalue weighted by Crippen LogP contribution is -2.11. The van der Waals surface area contributed by atoms with Gasteiger partial charge in [0.1, 0.15) is 0 Å². The number of fused-ring (bicyclic) bond motifs is 1. The summed E-state index contributed by atoms with van der Waals surface area (Å²) in [5.41, 5.74) is 6.80. The molecule has 3 N–H and O–H groups in total. The molecular weight excluding hydrogens is 218 g/mol. The van der Waals surface area contributed by atoms with Crippen molar-refractivity contribution in [3.05, 3.63) is 23.8 Å². The molecule has 1 aromatic carbocycles. The van der Waals surface area contributed by atoms with Gasteiger partial charge in [-0.05, 0) is 24.1 Å².